The first-order valence-electron chi connectivity index (χ1n) is 15.3. The van der Waals surface area contributed by atoms with Crippen LogP contribution in [0.1, 0.15) is 90.9 Å². The van der Waals surface area contributed by atoms with Gasteiger partial charge in [-0.2, -0.15) is 0 Å². The Bertz CT molecular complexity index is 801. The van der Waals surface area contributed by atoms with Crippen molar-refractivity contribution in [3.05, 3.63) is 24.3 Å². The summed E-state index contributed by atoms with van der Waals surface area (Å²) in [5, 5.41) is 18.3. The van der Waals surface area contributed by atoms with Crippen LogP contribution in [0.2, 0.25) is 0 Å². The maximum atomic E-state index is 13.3. The molecule has 0 radical (unpaired) electrons. The van der Waals surface area contributed by atoms with E-state index in [1.807, 2.05) is 38.2 Å². The van der Waals surface area contributed by atoms with Crippen molar-refractivity contribution in [3.63, 3.8) is 0 Å². The number of hydrogen-bond acceptors (Lipinski definition) is 7. The van der Waals surface area contributed by atoms with E-state index in [1.165, 1.54) is 0 Å². The summed E-state index contributed by atoms with van der Waals surface area (Å²) in [6.07, 6.45) is 15.9. The van der Waals surface area contributed by atoms with Gasteiger partial charge in [-0.3, -0.25) is 19.2 Å². The highest BCUT2D eigenvalue weighted by atomic mass is 35.5. The Morgan fingerprint density at radius 1 is 0.791 bits per heavy atom. The summed E-state index contributed by atoms with van der Waals surface area (Å²) >= 11 is 0. The van der Waals surface area contributed by atoms with E-state index in [4.69, 9.17) is 11.5 Å². The number of allylic oxidation sites excluding steroid dienone is 4. The SMILES string of the molecule is CC/C=C\CCC(=O)NCCCCN(CCCNC(=O)CC/C=C\CC)C(=O)C(CO)NC(=O)[C@@H](N)CCCCN.Cl.Cl. The Morgan fingerprint density at radius 3 is 1.84 bits per heavy atom. The third-order valence-electron chi connectivity index (χ3n) is 6.40. The molecule has 1 unspecified atom stereocenters. The summed E-state index contributed by atoms with van der Waals surface area (Å²) in [5.41, 5.74) is 11.5. The van der Waals surface area contributed by atoms with Crippen molar-refractivity contribution in [2.24, 2.45) is 11.5 Å². The molecule has 0 saturated carbocycles. The van der Waals surface area contributed by atoms with Crippen molar-refractivity contribution in [2.75, 3.05) is 39.3 Å². The van der Waals surface area contributed by atoms with E-state index in [0.717, 1.165) is 19.3 Å². The van der Waals surface area contributed by atoms with Gasteiger partial charge in [0.05, 0.1) is 12.6 Å². The summed E-state index contributed by atoms with van der Waals surface area (Å²) in [5.74, 6) is -0.952. The summed E-state index contributed by atoms with van der Waals surface area (Å²) < 4.78 is 0. The normalized spacial score (nSPS) is 12.2. The molecular weight excluding hydrogens is 595 g/mol. The maximum Gasteiger partial charge on any atom is 0.247 e. The number of rotatable bonds is 25. The molecule has 0 bridgehead atoms. The monoisotopic (exact) mass is 652 g/mol. The largest absolute Gasteiger partial charge is 0.394 e. The molecule has 2 atom stereocenters. The van der Waals surface area contributed by atoms with Crippen LogP contribution in [-0.2, 0) is 19.2 Å². The third kappa shape index (κ3) is 24.9. The molecule has 0 spiro atoms. The quantitative estimate of drug-likeness (QED) is 0.0647. The van der Waals surface area contributed by atoms with Gasteiger partial charge in [-0.15, -0.1) is 24.8 Å². The zero-order valence-corrected chi connectivity index (χ0v) is 27.8. The number of nitrogens with two attached hydrogens (primary N) is 2. The van der Waals surface area contributed by atoms with Crippen LogP contribution in [0.15, 0.2) is 24.3 Å². The number of aliphatic hydroxyl groups is 1. The highest BCUT2D eigenvalue weighted by Gasteiger charge is 2.27. The van der Waals surface area contributed by atoms with Crippen molar-refractivity contribution in [2.45, 2.75) is 103 Å². The smallest absolute Gasteiger partial charge is 0.247 e. The number of carbonyl (C=O) groups is 4. The molecule has 0 fully saturated rings. The van der Waals surface area contributed by atoms with Crippen LogP contribution in [0.25, 0.3) is 0 Å². The van der Waals surface area contributed by atoms with Crippen LogP contribution < -0.4 is 27.4 Å². The average Bonchev–Trinajstić information content (AvgIpc) is 2.96. The van der Waals surface area contributed by atoms with Crippen LogP contribution in [0.3, 0.4) is 0 Å². The molecule has 11 nitrogen and oxygen atoms in total. The van der Waals surface area contributed by atoms with Crippen LogP contribution in [0.5, 0.6) is 0 Å². The van der Waals surface area contributed by atoms with Gasteiger partial charge in [-0.25, -0.2) is 0 Å². The van der Waals surface area contributed by atoms with Gasteiger partial charge >= 0.3 is 0 Å². The van der Waals surface area contributed by atoms with Crippen molar-refractivity contribution >= 4 is 48.4 Å². The molecule has 0 aliphatic rings. The van der Waals surface area contributed by atoms with Crippen molar-refractivity contribution < 1.29 is 24.3 Å². The molecule has 43 heavy (non-hydrogen) atoms. The predicted octanol–water partition coefficient (Wildman–Crippen LogP) is 2.49. The predicted molar refractivity (Wildman–Crippen MR) is 178 cm³/mol. The third-order valence-corrected chi connectivity index (χ3v) is 6.40. The molecule has 0 aliphatic carbocycles. The molecule has 4 amide bonds. The van der Waals surface area contributed by atoms with E-state index in [9.17, 15) is 24.3 Å². The summed E-state index contributed by atoms with van der Waals surface area (Å²) in [4.78, 5) is 51.4. The van der Waals surface area contributed by atoms with Gasteiger partial charge in [0.25, 0.3) is 0 Å². The fraction of sp³-hybridized carbons (Fsp3) is 0.733. The second kappa shape index (κ2) is 31.3. The highest BCUT2D eigenvalue weighted by molar-refractivity contribution is 5.89. The lowest BCUT2D eigenvalue weighted by molar-refractivity contribution is -0.138. The van der Waals surface area contributed by atoms with Crippen molar-refractivity contribution in [3.8, 4) is 0 Å². The molecule has 0 heterocycles. The number of aliphatic hydroxyl groups excluding tert-OH is 1. The number of carbonyl (C=O) groups excluding carboxylic acids is 4. The number of halogens is 2. The van der Waals surface area contributed by atoms with E-state index >= 15 is 0 Å². The van der Waals surface area contributed by atoms with E-state index < -0.39 is 30.5 Å². The Hall–Kier alpha value is -2.18. The first-order chi connectivity index (χ1) is 19.8. The lowest BCUT2D eigenvalue weighted by atomic mass is 10.1. The van der Waals surface area contributed by atoms with Crippen LogP contribution in [-0.4, -0.2) is 85.0 Å². The molecule has 13 heteroatoms. The fourth-order valence-electron chi connectivity index (χ4n) is 3.98. The Morgan fingerprint density at radius 2 is 1.33 bits per heavy atom. The molecule has 0 saturated heterocycles. The zero-order valence-electron chi connectivity index (χ0n) is 26.2. The molecule has 0 aliphatic heterocycles. The van der Waals surface area contributed by atoms with Gasteiger partial charge in [0.15, 0.2) is 0 Å². The second-order valence-electron chi connectivity index (χ2n) is 10.1. The molecular formula is C30H58Cl2N6O5. The topological polar surface area (TPSA) is 180 Å². The summed E-state index contributed by atoms with van der Waals surface area (Å²) in [6, 6.07) is -1.90. The first-order valence-corrected chi connectivity index (χ1v) is 15.3. The second-order valence-corrected chi connectivity index (χ2v) is 10.1. The molecule has 0 aromatic heterocycles. The van der Waals surface area contributed by atoms with Gasteiger partial charge in [-0.1, -0.05) is 44.6 Å². The standard InChI is InChI=1S/C30H56N6O5.2ClH/c1-3-5-7-9-17-27(38)33-20-13-14-22-36(23-15-21-34-28(39)18-10-8-6-4-2)30(41)26(24-37)35-29(40)25(32)16-11-12-19-31;;/h5-8,25-26,37H,3-4,9-24,31-32H2,1-2H3,(H,33,38)(H,34,39)(H,35,40);2*1H/b7-5-,8-6-;;/t25-,26?;;/m0../s1. The van der Waals surface area contributed by atoms with Gasteiger partial charge in [0, 0.05) is 39.0 Å². The Balaban J connectivity index is -0.00000800. The number of unbranched alkanes of at least 4 members (excludes halogenated alkanes) is 2. The van der Waals surface area contributed by atoms with E-state index in [-0.39, 0.29) is 36.6 Å². The minimum atomic E-state index is -1.11. The molecule has 0 rings (SSSR count). The van der Waals surface area contributed by atoms with Crippen LogP contribution in [0, 0.1) is 0 Å². The number of amides is 4. The van der Waals surface area contributed by atoms with Crippen LogP contribution in [0.4, 0.5) is 0 Å². The average molecular weight is 654 g/mol. The zero-order chi connectivity index (χ0) is 30.7. The molecule has 252 valence electrons. The minimum Gasteiger partial charge on any atom is -0.394 e. The van der Waals surface area contributed by atoms with Crippen LogP contribution >= 0.6 is 24.8 Å². The Labute approximate surface area is 271 Å². The highest BCUT2D eigenvalue weighted by Crippen LogP contribution is 2.04. The van der Waals surface area contributed by atoms with Gasteiger partial charge < -0.3 is 37.4 Å². The number of nitrogens with one attached hydrogen (secondary N) is 3. The maximum absolute atomic E-state index is 13.3. The first kappa shape index (κ1) is 45.3. The molecule has 0 aromatic carbocycles. The van der Waals surface area contributed by atoms with E-state index in [0.29, 0.717) is 90.5 Å². The number of hydrogen-bond donors (Lipinski definition) is 6. The summed E-state index contributed by atoms with van der Waals surface area (Å²) in [7, 11) is 0. The Kier molecular flexibility index (Phi) is 32.9. The van der Waals surface area contributed by atoms with Gasteiger partial charge in [-0.05, 0) is 64.3 Å². The van der Waals surface area contributed by atoms with Crippen molar-refractivity contribution in [1.82, 2.24) is 20.9 Å². The van der Waals surface area contributed by atoms with E-state index in [1.54, 1.807) is 4.90 Å². The lowest BCUT2D eigenvalue weighted by Gasteiger charge is -2.28. The summed E-state index contributed by atoms with van der Waals surface area (Å²) in [6.45, 7) is 5.68. The van der Waals surface area contributed by atoms with E-state index in [2.05, 4.69) is 16.0 Å². The van der Waals surface area contributed by atoms with Gasteiger partial charge in [0.2, 0.25) is 23.6 Å². The van der Waals surface area contributed by atoms with Crippen molar-refractivity contribution in [1.29, 1.82) is 0 Å². The lowest BCUT2D eigenvalue weighted by Crippen LogP contribution is -2.54. The number of nitrogens with zero attached hydrogens (tertiary/aromatic N) is 1. The molecule has 8 N–H and O–H groups in total. The van der Waals surface area contributed by atoms with Gasteiger partial charge in [0.1, 0.15) is 6.04 Å². The molecule has 0 aromatic rings. The minimum absolute atomic E-state index is 0. The fourth-order valence-corrected chi connectivity index (χ4v) is 3.98.